The first-order valence-electron chi connectivity index (χ1n) is 9.56. The standard InChI is InChI=1S/C22H27N3O3S.ClH/c1-16-10-11-18(27-4)20-21(16)29-22(23-20)25(14-13-24(2)3)19(26)12-15-28-17-8-6-5-7-9-17;/h5-11H,12-15H2,1-4H3;1H. The van der Waals surface area contributed by atoms with Gasteiger partial charge in [0, 0.05) is 13.1 Å². The van der Waals surface area contributed by atoms with Gasteiger partial charge in [-0.3, -0.25) is 9.69 Å². The molecular formula is C22H28ClN3O3S. The van der Waals surface area contributed by atoms with Gasteiger partial charge in [0.15, 0.2) is 5.13 Å². The molecule has 1 aromatic heterocycles. The number of ether oxygens (including phenoxy) is 2. The normalized spacial score (nSPS) is 10.7. The number of fused-ring (bicyclic) bond motifs is 1. The summed E-state index contributed by atoms with van der Waals surface area (Å²) in [7, 11) is 5.62. The van der Waals surface area contributed by atoms with Gasteiger partial charge in [0.25, 0.3) is 0 Å². The second kappa shape index (κ2) is 11.2. The van der Waals surface area contributed by atoms with Gasteiger partial charge >= 0.3 is 0 Å². The van der Waals surface area contributed by atoms with Gasteiger partial charge in [-0.25, -0.2) is 4.98 Å². The molecule has 1 heterocycles. The SMILES string of the molecule is COc1ccc(C)c2sc(N(CCN(C)C)C(=O)CCOc3ccccc3)nc12.Cl. The minimum absolute atomic E-state index is 0. The van der Waals surface area contributed by atoms with E-state index < -0.39 is 0 Å². The van der Waals surface area contributed by atoms with Crippen molar-refractivity contribution in [2.45, 2.75) is 13.3 Å². The molecule has 0 bridgehead atoms. The maximum Gasteiger partial charge on any atom is 0.232 e. The van der Waals surface area contributed by atoms with Gasteiger partial charge in [-0.05, 0) is 44.8 Å². The quantitative estimate of drug-likeness (QED) is 0.484. The highest BCUT2D eigenvalue weighted by Gasteiger charge is 2.21. The van der Waals surface area contributed by atoms with Crippen LogP contribution in [0.2, 0.25) is 0 Å². The number of amides is 1. The van der Waals surface area contributed by atoms with Crippen LogP contribution in [0.15, 0.2) is 42.5 Å². The van der Waals surface area contributed by atoms with Crippen molar-refractivity contribution in [3.8, 4) is 11.5 Å². The van der Waals surface area contributed by atoms with Crippen molar-refractivity contribution in [1.29, 1.82) is 0 Å². The Labute approximate surface area is 187 Å². The predicted octanol–water partition coefficient (Wildman–Crippen LogP) is 4.40. The van der Waals surface area contributed by atoms with Gasteiger partial charge in [0.1, 0.15) is 17.0 Å². The fourth-order valence-corrected chi connectivity index (χ4v) is 4.01. The van der Waals surface area contributed by atoms with Crippen molar-refractivity contribution in [1.82, 2.24) is 9.88 Å². The summed E-state index contributed by atoms with van der Waals surface area (Å²) >= 11 is 1.53. The number of anilines is 1. The van der Waals surface area contributed by atoms with E-state index in [2.05, 4.69) is 4.90 Å². The lowest BCUT2D eigenvalue weighted by atomic mass is 10.2. The smallest absolute Gasteiger partial charge is 0.232 e. The van der Waals surface area contributed by atoms with Crippen LogP contribution in [0.3, 0.4) is 0 Å². The lowest BCUT2D eigenvalue weighted by molar-refractivity contribution is -0.119. The summed E-state index contributed by atoms with van der Waals surface area (Å²) in [6.45, 7) is 3.69. The zero-order chi connectivity index (χ0) is 20.8. The van der Waals surface area contributed by atoms with Crippen LogP contribution in [-0.2, 0) is 4.79 Å². The number of carbonyl (C=O) groups is 1. The van der Waals surface area contributed by atoms with Crippen LogP contribution in [0, 0.1) is 6.92 Å². The number of benzene rings is 2. The van der Waals surface area contributed by atoms with E-state index in [0.29, 0.717) is 18.3 Å². The summed E-state index contributed by atoms with van der Waals surface area (Å²) < 4.78 is 12.2. The average Bonchev–Trinajstić information content (AvgIpc) is 3.15. The minimum Gasteiger partial charge on any atom is -0.494 e. The molecule has 8 heteroatoms. The van der Waals surface area contributed by atoms with Crippen LogP contribution in [-0.4, -0.2) is 56.7 Å². The number of hydrogen-bond acceptors (Lipinski definition) is 6. The molecule has 0 fully saturated rings. The number of nitrogens with zero attached hydrogens (tertiary/aromatic N) is 3. The summed E-state index contributed by atoms with van der Waals surface area (Å²) in [5.41, 5.74) is 1.92. The Morgan fingerprint density at radius 3 is 2.50 bits per heavy atom. The third-order valence-electron chi connectivity index (χ3n) is 4.54. The Bertz CT molecular complexity index is 963. The molecular weight excluding hydrogens is 422 g/mol. The van der Waals surface area contributed by atoms with Crippen molar-refractivity contribution in [2.24, 2.45) is 0 Å². The Hall–Kier alpha value is -2.35. The van der Waals surface area contributed by atoms with Crippen LogP contribution < -0.4 is 14.4 Å². The zero-order valence-corrected chi connectivity index (χ0v) is 19.4. The van der Waals surface area contributed by atoms with E-state index in [-0.39, 0.29) is 24.7 Å². The minimum atomic E-state index is -0.00143. The van der Waals surface area contributed by atoms with Gasteiger partial charge in [-0.1, -0.05) is 35.6 Å². The van der Waals surface area contributed by atoms with E-state index in [1.54, 1.807) is 12.0 Å². The molecule has 0 aliphatic heterocycles. The summed E-state index contributed by atoms with van der Waals surface area (Å²) in [5, 5.41) is 0.694. The number of halogens is 1. The third-order valence-corrected chi connectivity index (χ3v) is 5.76. The van der Waals surface area contributed by atoms with Crippen molar-refractivity contribution >= 4 is 45.0 Å². The Kier molecular flexibility index (Phi) is 8.89. The number of aryl methyl sites for hydroxylation is 1. The summed E-state index contributed by atoms with van der Waals surface area (Å²) in [6.07, 6.45) is 0.286. The highest BCUT2D eigenvalue weighted by Crippen LogP contribution is 2.36. The maximum absolute atomic E-state index is 13.0. The molecule has 0 aliphatic rings. The van der Waals surface area contributed by atoms with E-state index in [1.165, 1.54) is 11.3 Å². The number of thiazole rings is 1. The van der Waals surface area contributed by atoms with Gasteiger partial charge in [0.05, 0.1) is 24.8 Å². The highest BCUT2D eigenvalue weighted by atomic mass is 35.5. The number of methoxy groups -OCH3 is 1. The molecule has 0 saturated heterocycles. The number of likely N-dealkylation sites (N-methyl/N-ethyl adjacent to an activating group) is 1. The van der Waals surface area contributed by atoms with E-state index in [4.69, 9.17) is 14.5 Å². The zero-order valence-electron chi connectivity index (χ0n) is 17.8. The number of hydrogen-bond donors (Lipinski definition) is 0. The Morgan fingerprint density at radius 2 is 1.83 bits per heavy atom. The van der Waals surface area contributed by atoms with Gasteiger partial charge in [0.2, 0.25) is 5.91 Å². The van der Waals surface area contributed by atoms with E-state index in [9.17, 15) is 4.79 Å². The summed E-state index contributed by atoms with van der Waals surface area (Å²) in [5.74, 6) is 1.49. The highest BCUT2D eigenvalue weighted by molar-refractivity contribution is 7.22. The van der Waals surface area contributed by atoms with Gasteiger partial charge < -0.3 is 14.4 Å². The molecule has 0 saturated carbocycles. The first kappa shape index (κ1) is 23.9. The molecule has 0 atom stereocenters. The average molecular weight is 450 g/mol. The molecule has 0 unspecified atom stereocenters. The molecule has 162 valence electrons. The molecule has 3 aromatic rings. The van der Waals surface area contributed by atoms with E-state index in [0.717, 1.165) is 33.8 Å². The molecule has 1 amide bonds. The fraction of sp³-hybridized carbons (Fsp3) is 0.364. The first-order valence-corrected chi connectivity index (χ1v) is 10.4. The van der Waals surface area contributed by atoms with Crippen LogP contribution in [0.25, 0.3) is 10.2 Å². The van der Waals surface area contributed by atoms with Gasteiger partial charge in [-0.2, -0.15) is 0 Å². The van der Waals surface area contributed by atoms with E-state index >= 15 is 0 Å². The summed E-state index contributed by atoms with van der Waals surface area (Å²) in [4.78, 5) is 21.6. The first-order chi connectivity index (χ1) is 14.0. The Morgan fingerprint density at radius 1 is 1.10 bits per heavy atom. The van der Waals surface area contributed by atoms with Crippen LogP contribution >= 0.6 is 23.7 Å². The Balaban J connectivity index is 0.00000320. The second-order valence-electron chi connectivity index (χ2n) is 7.02. The van der Waals surface area contributed by atoms with Crippen LogP contribution in [0.5, 0.6) is 11.5 Å². The second-order valence-corrected chi connectivity index (χ2v) is 8.00. The molecule has 3 rings (SSSR count). The fourth-order valence-electron chi connectivity index (χ4n) is 2.91. The van der Waals surface area contributed by atoms with Crippen molar-refractivity contribution in [3.05, 3.63) is 48.0 Å². The van der Waals surface area contributed by atoms with E-state index in [1.807, 2.05) is 63.5 Å². The molecule has 2 aromatic carbocycles. The van der Waals surface area contributed by atoms with Crippen molar-refractivity contribution < 1.29 is 14.3 Å². The topological polar surface area (TPSA) is 54.9 Å². The lowest BCUT2D eigenvalue weighted by Gasteiger charge is -2.22. The van der Waals surface area contributed by atoms with Gasteiger partial charge in [-0.15, -0.1) is 12.4 Å². The van der Waals surface area contributed by atoms with Crippen molar-refractivity contribution in [3.63, 3.8) is 0 Å². The van der Waals surface area contributed by atoms with Crippen LogP contribution in [0.1, 0.15) is 12.0 Å². The molecule has 0 spiro atoms. The molecule has 0 N–H and O–H groups in total. The molecule has 0 radical (unpaired) electrons. The molecule has 30 heavy (non-hydrogen) atoms. The molecule has 0 aliphatic carbocycles. The maximum atomic E-state index is 13.0. The number of rotatable bonds is 9. The third kappa shape index (κ3) is 5.84. The predicted molar refractivity (Wildman–Crippen MR) is 126 cm³/mol. The monoisotopic (exact) mass is 449 g/mol. The number of para-hydroxylation sites is 1. The number of aromatic nitrogens is 1. The largest absolute Gasteiger partial charge is 0.494 e. The summed E-state index contributed by atoms with van der Waals surface area (Å²) in [6, 6.07) is 13.5. The number of carbonyl (C=O) groups excluding carboxylic acids is 1. The molecule has 6 nitrogen and oxygen atoms in total. The lowest BCUT2D eigenvalue weighted by Crippen LogP contribution is -2.37. The van der Waals surface area contributed by atoms with Crippen LogP contribution in [0.4, 0.5) is 5.13 Å². The van der Waals surface area contributed by atoms with Crippen molar-refractivity contribution in [2.75, 3.05) is 45.8 Å².